The molecule has 0 bridgehead atoms. The number of H-pyrrole nitrogens is 1. The second-order valence-corrected chi connectivity index (χ2v) is 4.34. The summed E-state index contributed by atoms with van der Waals surface area (Å²) in [5.41, 5.74) is 6.43. The average molecular weight is 284 g/mol. The minimum Gasteiger partial charge on any atom is -0.349 e. The number of nitrogens with zero attached hydrogens (tertiary/aromatic N) is 1. The van der Waals surface area contributed by atoms with Gasteiger partial charge in [0.25, 0.3) is 0 Å². The summed E-state index contributed by atoms with van der Waals surface area (Å²) in [5, 5.41) is 0. The lowest BCUT2D eigenvalue weighted by Gasteiger charge is -2.12. The van der Waals surface area contributed by atoms with Gasteiger partial charge in [0, 0.05) is 30.4 Å². The Hall–Kier alpha value is -1.20. The van der Waals surface area contributed by atoms with E-state index in [1.165, 1.54) is 0 Å². The standard InChI is InChI=1S/C11H11BrFN3/c12-8-3-1-2-7(11(8)13)9(14)6-10-15-4-5-16-10/h1-5,9H,6,14H2,(H,15,16). The van der Waals surface area contributed by atoms with Crippen molar-refractivity contribution in [2.75, 3.05) is 0 Å². The minimum atomic E-state index is -0.399. The third-order valence-electron chi connectivity index (χ3n) is 2.35. The third-order valence-corrected chi connectivity index (χ3v) is 2.96. The fourth-order valence-corrected chi connectivity index (χ4v) is 1.92. The number of aromatic nitrogens is 2. The molecule has 0 saturated carbocycles. The molecular formula is C11H11BrFN3. The molecule has 0 spiro atoms. The van der Waals surface area contributed by atoms with Crippen LogP contribution in [0.15, 0.2) is 35.1 Å². The number of hydrogen-bond acceptors (Lipinski definition) is 2. The van der Waals surface area contributed by atoms with Gasteiger partial charge < -0.3 is 10.7 Å². The fraction of sp³-hybridized carbons (Fsp3) is 0.182. The Balaban J connectivity index is 2.21. The van der Waals surface area contributed by atoms with Crippen LogP contribution in [0.5, 0.6) is 0 Å². The molecular weight excluding hydrogens is 273 g/mol. The van der Waals surface area contributed by atoms with Crippen molar-refractivity contribution in [3.63, 3.8) is 0 Å². The van der Waals surface area contributed by atoms with Crippen LogP contribution in [0, 0.1) is 5.82 Å². The molecule has 1 aromatic carbocycles. The quantitative estimate of drug-likeness (QED) is 0.910. The molecule has 1 atom stereocenters. The summed E-state index contributed by atoms with van der Waals surface area (Å²) in [6.45, 7) is 0. The van der Waals surface area contributed by atoms with Crippen LogP contribution < -0.4 is 5.73 Å². The molecule has 1 heterocycles. The van der Waals surface area contributed by atoms with E-state index in [0.717, 1.165) is 5.82 Å². The molecule has 84 valence electrons. The predicted octanol–water partition coefficient (Wildman–Crippen LogP) is 2.55. The molecule has 2 rings (SSSR count). The van der Waals surface area contributed by atoms with E-state index in [1.807, 2.05) is 0 Å². The normalized spacial score (nSPS) is 12.7. The molecule has 0 aliphatic rings. The summed E-state index contributed by atoms with van der Waals surface area (Å²) in [7, 11) is 0. The van der Waals surface area contributed by atoms with Gasteiger partial charge in [-0.1, -0.05) is 12.1 Å². The van der Waals surface area contributed by atoms with Crippen LogP contribution in [0.2, 0.25) is 0 Å². The maximum Gasteiger partial charge on any atom is 0.142 e. The van der Waals surface area contributed by atoms with Crippen molar-refractivity contribution in [2.45, 2.75) is 12.5 Å². The summed E-state index contributed by atoms with van der Waals surface area (Å²) in [6, 6.07) is 4.71. The molecule has 0 radical (unpaired) electrons. The number of imidazole rings is 1. The Bertz CT molecular complexity index is 470. The van der Waals surface area contributed by atoms with Crippen molar-refractivity contribution in [1.29, 1.82) is 0 Å². The zero-order chi connectivity index (χ0) is 11.5. The molecule has 3 N–H and O–H groups in total. The molecule has 0 aliphatic carbocycles. The number of nitrogens with one attached hydrogen (secondary N) is 1. The van der Waals surface area contributed by atoms with Crippen LogP contribution in [-0.4, -0.2) is 9.97 Å². The first kappa shape index (κ1) is 11.3. The Morgan fingerprint density at radius 2 is 2.31 bits per heavy atom. The van der Waals surface area contributed by atoms with Gasteiger partial charge in [-0.3, -0.25) is 0 Å². The van der Waals surface area contributed by atoms with Crippen molar-refractivity contribution in [2.24, 2.45) is 5.73 Å². The number of benzene rings is 1. The van der Waals surface area contributed by atoms with Gasteiger partial charge in [-0.05, 0) is 22.0 Å². The van der Waals surface area contributed by atoms with Crippen LogP contribution in [-0.2, 0) is 6.42 Å². The Labute approximate surface area is 101 Å². The molecule has 0 saturated heterocycles. The van der Waals surface area contributed by atoms with E-state index in [9.17, 15) is 4.39 Å². The SMILES string of the molecule is NC(Cc1ncc[nH]1)c1cccc(Br)c1F. The highest BCUT2D eigenvalue weighted by molar-refractivity contribution is 9.10. The second kappa shape index (κ2) is 4.76. The zero-order valence-corrected chi connectivity index (χ0v) is 10.0. The van der Waals surface area contributed by atoms with Crippen LogP contribution in [0.25, 0.3) is 0 Å². The van der Waals surface area contributed by atoms with Crippen LogP contribution in [0.3, 0.4) is 0 Å². The number of halogens is 2. The predicted molar refractivity (Wildman–Crippen MR) is 63.3 cm³/mol. The van der Waals surface area contributed by atoms with Crippen molar-refractivity contribution >= 4 is 15.9 Å². The summed E-state index contributed by atoms with van der Waals surface area (Å²) < 4.78 is 14.2. The smallest absolute Gasteiger partial charge is 0.142 e. The number of nitrogens with two attached hydrogens (primary N) is 1. The van der Waals surface area contributed by atoms with Crippen molar-refractivity contribution in [3.05, 3.63) is 52.3 Å². The summed E-state index contributed by atoms with van der Waals surface area (Å²) >= 11 is 3.14. The average Bonchev–Trinajstić information content (AvgIpc) is 2.74. The highest BCUT2D eigenvalue weighted by atomic mass is 79.9. The van der Waals surface area contributed by atoms with Gasteiger partial charge in [0.05, 0.1) is 4.47 Å². The number of rotatable bonds is 3. The van der Waals surface area contributed by atoms with E-state index in [2.05, 4.69) is 25.9 Å². The van der Waals surface area contributed by atoms with E-state index in [-0.39, 0.29) is 5.82 Å². The maximum absolute atomic E-state index is 13.7. The fourth-order valence-electron chi connectivity index (χ4n) is 1.53. The first-order valence-corrected chi connectivity index (χ1v) is 5.65. The van der Waals surface area contributed by atoms with Gasteiger partial charge in [0.2, 0.25) is 0 Å². The van der Waals surface area contributed by atoms with E-state index in [4.69, 9.17) is 5.73 Å². The third kappa shape index (κ3) is 2.31. The lowest BCUT2D eigenvalue weighted by atomic mass is 10.0. The first-order chi connectivity index (χ1) is 7.68. The van der Waals surface area contributed by atoms with E-state index in [1.54, 1.807) is 30.6 Å². The van der Waals surface area contributed by atoms with Crippen LogP contribution >= 0.6 is 15.9 Å². The molecule has 0 fully saturated rings. The van der Waals surface area contributed by atoms with Crippen molar-refractivity contribution in [3.8, 4) is 0 Å². The van der Waals surface area contributed by atoms with Crippen LogP contribution in [0.1, 0.15) is 17.4 Å². The number of aromatic amines is 1. The van der Waals surface area contributed by atoms with E-state index < -0.39 is 6.04 Å². The monoisotopic (exact) mass is 283 g/mol. The van der Waals surface area contributed by atoms with Gasteiger partial charge in [-0.2, -0.15) is 0 Å². The van der Waals surface area contributed by atoms with Crippen molar-refractivity contribution in [1.82, 2.24) is 9.97 Å². The maximum atomic E-state index is 13.7. The topological polar surface area (TPSA) is 54.7 Å². The Morgan fingerprint density at radius 1 is 1.50 bits per heavy atom. The van der Waals surface area contributed by atoms with Gasteiger partial charge in [0.15, 0.2) is 0 Å². The second-order valence-electron chi connectivity index (χ2n) is 3.49. The Kier molecular flexibility index (Phi) is 3.36. The lowest BCUT2D eigenvalue weighted by molar-refractivity contribution is 0.570. The Morgan fingerprint density at radius 3 is 3.00 bits per heavy atom. The molecule has 0 aliphatic heterocycles. The summed E-state index contributed by atoms with van der Waals surface area (Å²) in [6.07, 6.45) is 3.86. The lowest BCUT2D eigenvalue weighted by Crippen LogP contribution is -2.15. The van der Waals surface area contributed by atoms with Crippen LogP contribution in [0.4, 0.5) is 4.39 Å². The number of hydrogen-bond donors (Lipinski definition) is 2. The van der Waals surface area contributed by atoms with Crippen molar-refractivity contribution < 1.29 is 4.39 Å². The molecule has 2 aromatic rings. The van der Waals surface area contributed by atoms with Gasteiger partial charge in [-0.15, -0.1) is 0 Å². The molecule has 3 nitrogen and oxygen atoms in total. The summed E-state index contributed by atoms with van der Waals surface area (Å²) in [5.74, 6) is 0.452. The van der Waals surface area contributed by atoms with E-state index >= 15 is 0 Å². The highest BCUT2D eigenvalue weighted by Gasteiger charge is 2.14. The first-order valence-electron chi connectivity index (χ1n) is 4.86. The molecule has 1 unspecified atom stereocenters. The van der Waals surface area contributed by atoms with Gasteiger partial charge >= 0.3 is 0 Å². The minimum absolute atomic E-state index is 0.304. The molecule has 1 aromatic heterocycles. The zero-order valence-electron chi connectivity index (χ0n) is 8.45. The summed E-state index contributed by atoms with van der Waals surface area (Å²) in [4.78, 5) is 7.01. The molecule has 5 heteroatoms. The van der Waals surface area contributed by atoms with Gasteiger partial charge in [-0.25, -0.2) is 9.37 Å². The molecule has 0 amide bonds. The van der Waals surface area contributed by atoms with Gasteiger partial charge in [0.1, 0.15) is 11.6 Å². The largest absolute Gasteiger partial charge is 0.349 e. The molecule has 16 heavy (non-hydrogen) atoms. The highest BCUT2D eigenvalue weighted by Crippen LogP contribution is 2.23. The van der Waals surface area contributed by atoms with E-state index in [0.29, 0.717) is 16.5 Å².